The molecule has 0 aromatic carbocycles. The van der Waals surface area contributed by atoms with Gasteiger partial charge in [0.15, 0.2) is 0 Å². The highest BCUT2D eigenvalue weighted by Crippen LogP contribution is 2.32. The summed E-state index contributed by atoms with van der Waals surface area (Å²) in [7, 11) is 0. The quantitative estimate of drug-likeness (QED) is 0.667. The molecule has 0 heterocycles. The zero-order valence-electron chi connectivity index (χ0n) is 8.22. The van der Waals surface area contributed by atoms with E-state index in [1.165, 1.54) is 0 Å². The molecule has 0 fully saturated rings. The fourth-order valence-corrected chi connectivity index (χ4v) is 1.45. The van der Waals surface area contributed by atoms with Crippen molar-refractivity contribution in [3.05, 3.63) is 0 Å². The first-order valence-electron chi connectivity index (χ1n) is 4.50. The van der Waals surface area contributed by atoms with E-state index in [0.29, 0.717) is 6.42 Å². The maximum absolute atomic E-state index is 12.0. The third-order valence-electron chi connectivity index (χ3n) is 2.65. The summed E-state index contributed by atoms with van der Waals surface area (Å²) in [6.07, 6.45) is 0.578. The van der Waals surface area contributed by atoms with E-state index in [1.807, 2.05) is 0 Å². The van der Waals surface area contributed by atoms with Gasteiger partial charge in [0.05, 0.1) is 12.1 Å². The van der Waals surface area contributed by atoms with Crippen molar-refractivity contribution in [2.45, 2.75) is 26.7 Å². The summed E-state index contributed by atoms with van der Waals surface area (Å²) in [5.41, 5.74) is 4.49. The number of nitrogens with two attached hydrogens (primary N) is 1. The molecule has 0 rings (SSSR count). The lowest BCUT2D eigenvalue weighted by molar-refractivity contribution is -0.151. The number of hydrogen-bond donors (Lipinski definition) is 2. The van der Waals surface area contributed by atoms with Crippen LogP contribution in [0.4, 0.5) is 4.39 Å². The molecule has 0 spiro atoms. The van der Waals surface area contributed by atoms with Crippen LogP contribution < -0.4 is 5.73 Å². The maximum atomic E-state index is 12.0. The van der Waals surface area contributed by atoms with Crippen LogP contribution in [0, 0.1) is 11.3 Å². The molecule has 78 valence electrons. The molecule has 4 heteroatoms. The molecule has 0 aliphatic rings. The monoisotopic (exact) mass is 191 g/mol. The normalized spacial score (nSPS) is 15.8. The average Bonchev–Trinajstić information content (AvgIpc) is 2.05. The summed E-state index contributed by atoms with van der Waals surface area (Å²) in [6.45, 7) is 3.19. The molecule has 0 aromatic rings. The van der Waals surface area contributed by atoms with Gasteiger partial charge in [-0.25, -0.2) is 0 Å². The van der Waals surface area contributed by atoms with Crippen LogP contribution in [-0.4, -0.2) is 24.3 Å². The van der Waals surface area contributed by atoms with E-state index in [9.17, 15) is 9.18 Å². The SMILES string of the molecule is CC(C)C(CN)(CCCF)C(=O)O. The number of carboxylic acid groups (broad SMARTS) is 1. The second kappa shape index (κ2) is 5.17. The summed E-state index contributed by atoms with van der Waals surface area (Å²) in [5.74, 6) is -0.986. The van der Waals surface area contributed by atoms with Crippen LogP contribution in [0.3, 0.4) is 0 Å². The van der Waals surface area contributed by atoms with Gasteiger partial charge in [-0.2, -0.15) is 0 Å². The summed E-state index contributed by atoms with van der Waals surface area (Å²) in [5, 5.41) is 9.02. The van der Waals surface area contributed by atoms with E-state index < -0.39 is 18.1 Å². The Morgan fingerprint density at radius 1 is 1.62 bits per heavy atom. The third kappa shape index (κ3) is 2.66. The Morgan fingerprint density at radius 2 is 2.15 bits per heavy atom. The number of alkyl halides is 1. The Labute approximate surface area is 78.1 Å². The van der Waals surface area contributed by atoms with Crippen molar-refractivity contribution in [3.8, 4) is 0 Å². The van der Waals surface area contributed by atoms with E-state index in [0.717, 1.165) is 0 Å². The van der Waals surface area contributed by atoms with Crippen molar-refractivity contribution >= 4 is 5.97 Å². The van der Waals surface area contributed by atoms with E-state index in [1.54, 1.807) is 13.8 Å². The van der Waals surface area contributed by atoms with Crippen LogP contribution in [0.2, 0.25) is 0 Å². The van der Waals surface area contributed by atoms with E-state index in [-0.39, 0.29) is 18.9 Å². The van der Waals surface area contributed by atoms with Crippen LogP contribution in [0.5, 0.6) is 0 Å². The molecular formula is C9H18FNO2. The first-order chi connectivity index (χ1) is 6.01. The standard InChI is InChI=1S/C9H18FNO2/c1-7(2)9(6-11,8(12)13)4-3-5-10/h7H,3-6,11H2,1-2H3,(H,12,13). The third-order valence-corrected chi connectivity index (χ3v) is 2.65. The number of carbonyl (C=O) groups is 1. The molecule has 3 nitrogen and oxygen atoms in total. The Morgan fingerprint density at radius 3 is 2.38 bits per heavy atom. The van der Waals surface area contributed by atoms with Gasteiger partial charge in [-0.15, -0.1) is 0 Å². The van der Waals surface area contributed by atoms with E-state index >= 15 is 0 Å². The Bertz CT molecular complexity index is 173. The number of aliphatic carboxylic acids is 1. The van der Waals surface area contributed by atoms with Gasteiger partial charge in [0, 0.05) is 6.54 Å². The highest BCUT2D eigenvalue weighted by atomic mass is 19.1. The first-order valence-corrected chi connectivity index (χ1v) is 4.50. The van der Waals surface area contributed by atoms with Crippen LogP contribution in [0.1, 0.15) is 26.7 Å². The minimum absolute atomic E-state index is 0.0680. The Balaban J connectivity index is 4.55. The molecule has 0 amide bonds. The lowest BCUT2D eigenvalue weighted by Gasteiger charge is -2.31. The second-order valence-corrected chi connectivity index (χ2v) is 3.61. The maximum Gasteiger partial charge on any atom is 0.311 e. The molecule has 0 saturated carbocycles. The topological polar surface area (TPSA) is 63.3 Å². The van der Waals surface area contributed by atoms with Crippen molar-refractivity contribution in [2.75, 3.05) is 13.2 Å². The molecule has 1 atom stereocenters. The zero-order chi connectivity index (χ0) is 10.5. The van der Waals surface area contributed by atoms with Crippen molar-refractivity contribution < 1.29 is 14.3 Å². The molecule has 0 aromatic heterocycles. The van der Waals surface area contributed by atoms with E-state index in [2.05, 4.69) is 0 Å². The highest BCUT2D eigenvalue weighted by Gasteiger charge is 2.39. The number of rotatable bonds is 6. The predicted octanol–water partition coefficient (Wildman–Crippen LogP) is 1.42. The van der Waals surface area contributed by atoms with Gasteiger partial charge in [-0.3, -0.25) is 9.18 Å². The van der Waals surface area contributed by atoms with E-state index in [4.69, 9.17) is 10.8 Å². The summed E-state index contributed by atoms with van der Waals surface area (Å²) >= 11 is 0. The van der Waals surface area contributed by atoms with Crippen molar-refractivity contribution in [1.29, 1.82) is 0 Å². The Kier molecular flexibility index (Phi) is 4.91. The van der Waals surface area contributed by atoms with Gasteiger partial charge >= 0.3 is 5.97 Å². The lowest BCUT2D eigenvalue weighted by atomic mass is 9.74. The van der Waals surface area contributed by atoms with Gasteiger partial charge in [0.2, 0.25) is 0 Å². The van der Waals surface area contributed by atoms with Crippen LogP contribution in [0.15, 0.2) is 0 Å². The van der Waals surface area contributed by atoms with Crippen LogP contribution >= 0.6 is 0 Å². The number of halogens is 1. The van der Waals surface area contributed by atoms with Crippen LogP contribution in [0.25, 0.3) is 0 Å². The first kappa shape index (κ1) is 12.4. The van der Waals surface area contributed by atoms with Gasteiger partial charge < -0.3 is 10.8 Å². The zero-order valence-corrected chi connectivity index (χ0v) is 8.22. The molecule has 0 bridgehead atoms. The van der Waals surface area contributed by atoms with Crippen molar-refractivity contribution in [2.24, 2.45) is 17.1 Å². The molecule has 13 heavy (non-hydrogen) atoms. The number of carboxylic acids is 1. The van der Waals surface area contributed by atoms with Gasteiger partial charge in [-0.1, -0.05) is 13.8 Å². The van der Waals surface area contributed by atoms with Crippen LogP contribution in [-0.2, 0) is 4.79 Å². The average molecular weight is 191 g/mol. The molecule has 3 N–H and O–H groups in total. The fraction of sp³-hybridized carbons (Fsp3) is 0.889. The lowest BCUT2D eigenvalue weighted by Crippen LogP contribution is -2.43. The minimum Gasteiger partial charge on any atom is -0.481 e. The predicted molar refractivity (Wildman–Crippen MR) is 49.2 cm³/mol. The van der Waals surface area contributed by atoms with Gasteiger partial charge in [-0.05, 0) is 18.8 Å². The smallest absolute Gasteiger partial charge is 0.311 e. The molecule has 0 aliphatic carbocycles. The van der Waals surface area contributed by atoms with Crippen molar-refractivity contribution in [3.63, 3.8) is 0 Å². The highest BCUT2D eigenvalue weighted by molar-refractivity contribution is 5.75. The van der Waals surface area contributed by atoms with Gasteiger partial charge in [0.25, 0.3) is 0 Å². The fourth-order valence-electron chi connectivity index (χ4n) is 1.45. The largest absolute Gasteiger partial charge is 0.481 e. The summed E-state index contributed by atoms with van der Waals surface area (Å²) in [6, 6.07) is 0. The minimum atomic E-state index is -0.952. The second-order valence-electron chi connectivity index (χ2n) is 3.61. The summed E-state index contributed by atoms with van der Waals surface area (Å²) in [4.78, 5) is 11.0. The summed E-state index contributed by atoms with van der Waals surface area (Å²) < 4.78 is 12.0. The molecular weight excluding hydrogens is 173 g/mol. The molecule has 1 unspecified atom stereocenters. The molecule has 0 aliphatic heterocycles. The molecule has 0 radical (unpaired) electrons. The van der Waals surface area contributed by atoms with Crippen molar-refractivity contribution in [1.82, 2.24) is 0 Å². The molecule has 0 saturated heterocycles. The number of hydrogen-bond acceptors (Lipinski definition) is 2. The van der Waals surface area contributed by atoms with Gasteiger partial charge in [0.1, 0.15) is 0 Å². The Hall–Kier alpha value is -0.640.